The van der Waals surface area contributed by atoms with E-state index < -0.39 is 0 Å². The zero-order chi connectivity index (χ0) is 52.1. The van der Waals surface area contributed by atoms with Gasteiger partial charge in [0.25, 0.3) is 0 Å². The van der Waals surface area contributed by atoms with Crippen LogP contribution in [0.25, 0.3) is 77.2 Å². The fourth-order valence-electron chi connectivity index (χ4n) is 10.4. The Labute approximate surface area is 448 Å². The van der Waals surface area contributed by atoms with E-state index in [2.05, 4.69) is 225 Å². The summed E-state index contributed by atoms with van der Waals surface area (Å²) in [5.74, 6) is 1.16. The van der Waals surface area contributed by atoms with E-state index in [0.717, 1.165) is 45.4 Å². The van der Waals surface area contributed by atoms with Crippen LogP contribution in [0.4, 0.5) is 28.4 Å². The van der Waals surface area contributed by atoms with Gasteiger partial charge in [-0.3, -0.25) is 0 Å². The topological polar surface area (TPSA) is 75.3 Å². The first kappa shape index (κ1) is 48.2. The molecular weight excluding hydrogens is 946 g/mol. The molecule has 2 aromatic heterocycles. The Morgan fingerprint density at radius 2 is 0.636 bits per heavy atom. The van der Waals surface area contributed by atoms with Crippen molar-refractivity contribution in [1.82, 2.24) is 9.13 Å². The largest absolute Gasteiger partial charge is 0.569 e. The van der Waals surface area contributed by atoms with Crippen molar-refractivity contribution in [1.29, 1.82) is 0 Å². The molecule has 0 aliphatic carbocycles. The van der Waals surface area contributed by atoms with Crippen molar-refractivity contribution >= 4 is 87.4 Å². The summed E-state index contributed by atoms with van der Waals surface area (Å²) < 4.78 is 14.8. The van der Waals surface area contributed by atoms with Crippen LogP contribution in [0, 0.1) is 0 Å². The molecule has 2 radical (unpaired) electrons. The van der Waals surface area contributed by atoms with Crippen molar-refractivity contribution in [2.75, 3.05) is 16.8 Å². The SMILES string of the molecule is CN(c1ccc(O[B]O)cc1)c1ccc(-c2ccc3c(c2)c2ccccc2n3-c2ccccc2)cc1.O[B]Oc1ccc(N(c2ccccc2)c2ccc(-c3ccc4c(c3)c3ccccc3n4-c3ccccc3)cc2)cc1. The first-order chi connectivity index (χ1) is 38.0. The van der Waals surface area contributed by atoms with Gasteiger partial charge in [-0.05, 0) is 168 Å². The van der Waals surface area contributed by atoms with Crippen LogP contribution in [-0.2, 0) is 0 Å². The maximum Gasteiger partial charge on any atom is 0.569 e. The molecule has 0 aliphatic heterocycles. The molecule has 0 amide bonds. The third-order valence-electron chi connectivity index (χ3n) is 14.1. The predicted molar refractivity (Wildman–Crippen MR) is 319 cm³/mol. The maximum atomic E-state index is 8.98. The third kappa shape index (κ3) is 9.67. The summed E-state index contributed by atoms with van der Waals surface area (Å²) in [5.41, 5.74) is 17.0. The molecule has 8 nitrogen and oxygen atoms in total. The minimum absolute atomic E-state index is 0.573. The van der Waals surface area contributed by atoms with Gasteiger partial charge in [-0.25, -0.2) is 0 Å². The highest BCUT2D eigenvalue weighted by atomic mass is 16.5. The average molecular weight is 997 g/mol. The average Bonchev–Trinajstić information content (AvgIpc) is 4.08. The van der Waals surface area contributed by atoms with Crippen LogP contribution >= 0.6 is 0 Å². The Hall–Kier alpha value is -9.73. The number of hydrogen-bond acceptors (Lipinski definition) is 6. The quantitative estimate of drug-likeness (QED) is 0.112. The van der Waals surface area contributed by atoms with Crippen LogP contribution < -0.4 is 19.1 Å². The molecule has 11 aromatic carbocycles. The van der Waals surface area contributed by atoms with Crippen molar-refractivity contribution in [2.24, 2.45) is 0 Å². The normalized spacial score (nSPS) is 11.1. The summed E-state index contributed by atoms with van der Waals surface area (Å²) in [5, 5.41) is 22.8. The number of hydrogen-bond donors (Lipinski definition) is 2. The van der Waals surface area contributed by atoms with Crippen molar-refractivity contribution in [2.45, 2.75) is 0 Å². The van der Waals surface area contributed by atoms with Crippen molar-refractivity contribution in [3.63, 3.8) is 0 Å². The van der Waals surface area contributed by atoms with Gasteiger partial charge in [0.15, 0.2) is 0 Å². The second-order valence-corrected chi connectivity index (χ2v) is 18.6. The number of benzene rings is 11. The van der Waals surface area contributed by atoms with E-state index >= 15 is 0 Å². The molecular formula is C67H50B2N4O4. The lowest BCUT2D eigenvalue weighted by molar-refractivity contribution is 0.453. The minimum Gasteiger partial charge on any atom is -0.537 e. The molecule has 0 aliphatic rings. The van der Waals surface area contributed by atoms with Crippen molar-refractivity contribution < 1.29 is 19.4 Å². The molecule has 0 bridgehead atoms. The summed E-state index contributed by atoms with van der Waals surface area (Å²) in [7, 11) is 3.42. The lowest BCUT2D eigenvalue weighted by Gasteiger charge is -2.25. The fourth-order valence-corrected chi connectivity index (χ4v) is 10.4. The predicted octanol–water partition coefficient (Wildman–Crippen LogP) is 15.9. The van der Waals surface area contributed by atoms with E-state index in [1.165, 1.54) is 60.3 Å². The zero-order valence-electron chi connectivity index (χ0n) is 42.1. The second-order valence-electron chi connectivity index (χ2n) is 18.6. The fraction of sp³-hybridized carbons (Fsp3) is 0.0149. The highest BCUT2D eigenvalue weighted by molar-refractivity contribution is 6.17. The van der Waals surface area contributed by atoms with Gasteiger partial charge in [0.2, 0.25) is 0 Å². The molecule has 77 heavy (non-hydrogen) atoms. The lowest BCUT2D eigenvalue weighted by Crippen LogP contribution is -2.09. The molecule has 368 valence electrons. The van der Waals surface area contributed by atoms with Crippen LogP contribution in [0.5, 0.6) is 11.5 Å². The number of rotatable bonds is 13. The molecule has 0 saturated heterocycles. The molecule has 13 aromatic rings. The number of aromatic nitrogens is 2. The van der Waals surface area contributed by atoms with Crippen molar-refractivity contribution in [3.05, 3.63) is 273 Å². The summed E-state index contributed by atoms with van der Waals surface area (Å²) in [6.45, 7) is 0. The molecule has 2 N–H and O–H groups in total. The number of nitrogens with zero attached hydrogens (tertiary/aromatic N) is 4. The smallest absolute Gasteiger partial charge is 0.537 e. The first-order valence-electron chi connectivity index (χ1n) is 25.5. The number of anilines is 5. The molecule has 0 saturated carbocycles. The van der Waals surface area contributed by atoms with Crippen LogP contribution in [-0.4, -0.2) is 41.6 Å². The van der Waals surface area contributed by atoms with Gasteiger partial charge < -0.3 is 38.3 Å². The maximum absolute atomic E-state index is 8.98. The first-order valence-corrected chi connectivity index (χ1v) is 25.5. The van der Waals surface area contributed by atoms with Crippen LogP contribution in [0.3, 0.4) is 0 Å². The third-order valence-corrected chi connectivity index (χ3v) is 14.1. The van der Waals surface area contributed by atoms with E-state index in [-0.39, 0.29) is 0 Å². The Morgan fingerprint density at radius 1 is 0.312 bits per heavy atom. The van der Waals surface area contributed by atoms with E-state index in [1.54, 1.807) is 0 Å². The van der Waals surface area contributed by atoms with Gasteiger partial charge in [-0.2, -0.15) is 0 Å². The Morgan fingerprint density at radius 3 is 1.06 bits per heavy atom. The van der Waals surface area contributed by atoms with Crippen LogP contribution in [0.2, 0.25) is 0 Å². The van der Waals surface area contributed by atoms with Crippen LogP contribution in [0.15, 0.2) is 273 Å². The molecule has 0 spiro atoms. The van der Waals surface area contributed by atoms with Crippen molar-refractivity contribution in [3.8, 4) is 45.1 Å². The van der Waals surface area contributed by atoms with Gasteiger partial charge in [0.05, 0.1) is 22.1 Å². The Kier molecular flexibility index (Phi) is 13.5. The summed E-state index contributed by atoms with van der Waals surface area (Å²) in [6, 6.07) is 94.5. The van der Waals surface area contributed by atoms with Crippen LogP contribution in [0.1, 0.15) is 0 Å². The van der Waals surface area contributed by atoms with E-state index in [4.69, 9.17) is 19.4 Å². The highest BCUT2D eigenvalue weighted by Crippen LogP contribution is 2.40. The Bertz CT molecular complexity index is 4120. The monoisotopic (exact) mass is 996 g/mol. The van der Waals surface area contributed by atoms with Gasteiger partial charge in [-0.15, -0.1) is 0 Å². The molecule has 0 fully saturated rings. The summed E-state index contributed by atoms with van der Waals surface area (Å²) >= 11 is 0. The standard InChI is InChI=1S/C36H26BN2O2.C31H24BN2O2/c40-37-41-32-22-20-31(21-23-32)38(28-9-3-1-4-10-28)30-18-15-26(16-19-30)27-17-24-36-34(25-27)33-13-7-8-14-35(33)39(36)29-11-5-2-6-12-29;1-33(25-16-18-27(19-17-25)36-32-35)24-14-11-22(12-15-24)23-13-20-31-29(21-23)28-9-5-6-10-30(28)34(31)26-7-3-2-4-8-26/h1-25,40H;2-21,35H,1H3. The summed E-state index contributed by atoms with van der Waals surface area (Å²) in [4.78, 5) is 4.32. The van der Waals surface area contributed by atoms with E-state index in [1.807, 2.05) is 73.8 Å². The highest BCUT2D eigenvalue weighted by Gasteiger charge is 2.17. The Balaban J connectivity index is 0.000000156. The molecule has 0 atom stereocenters. The molecule has 2 heterocycles. The summed E-state index contributed by atoms with van der Waals surface area (Å²) in [6.07, 6.45) is 0. The molecule has 13 rings (SSSR count). The second kappa shape index (κ2) is 21.6. The van der Waals surface area contributed by atoms with E-state index in [0.29, 0.717) is 26.9 Å². The number of fused-ring (bicyclic) bond motifs is 6. The zero-order valence-corrected chi connectivity index (χ0v) is 42.1. The van der Waals surface area contributed by atoms with Gasteiger partial charge in [0.1, 0.15) is 11.5 Å². The van der Waals surface area contributed by atoms with Gasteiger partial charge >= 0.3 is 15.4 Å². The molecule has 0 unspecified atom stereocenters. The van der Waals surface area contributed by atoms with Gasteiger partial charge in [0, 0.05) is 68.4 Å². The van der Waals surface area contributed by atoms with E-state index in [9.17, 15) is 0 Å². The minimum atomic E-state index is 0.573. The number of para-hydroxylation sites is 5. The molecule has 10 heteroatoms. The van der Waals surface area contributed by atoms with Gasteiger partial charge in [-0.1, -0.05) is 127 Å². The lowest BCUT2D eigenvalue weighted by atomic mass is 10.0.